The predicted octanol–water partition coefficient (Wildman–Crippen LogP) is 4.29. The molecule has 0 amide bonds. The van der Waals surface area contributed by atoms with Gasteiger partial charge in [0.15, 0.2) is 9.84 Å². The molecule has 0 spiro atoms. The Bertz CT molecular complexity index is 1570. The van der Waals surface area contributed by atoms with E-state index in [0.717, 1.165) is 6.26 Å². The molecule has 0 radical (unpaired) electrons. The molecule has 2 aromatic heterocycles. The van der Waals surface area contributed by atoms with Crippen LogP contribution in [-0.4, -0.2) is 53.1 Å². The number of carbonyl (C=O) groups is 1. The first-order valence-electron chi connectivity index (χ1n) is 11.2. The highest BCUT2D eigenvalue weighted by Gasteiger charge is 2.60. The number of carbonyl (C=O) groups excluding carboxylic acids is 1. The van der Waals surface area contributed by atoms with Crippen LogP contribution < -0.4 is 5.32 Å². The number of fused-ring (bicyclic) bond motifs is 1. The number of imidazole rings is 1. The Morgan fingerprint density at radius 2 is 1.97 bits per heavy atom. The molecule has 8 nitrogen and oxygen atoms in total. The lowest BCUT2D eigenvalue weighted by molar-refractivity contribution is -0.121. The number of anilines is 2. The molecule has 0 bridgehead atoms. The number of nitrogens with one attached hydrogen (secondary N) is 1. The summed E-state index contributed by atoms with van der Waals surface area (Å²) in [6.07, 6.45) is 0.255. The number of ketones is 1. The van der Waals surface area contributed by atoms with Gasteiger partial charge in [0, 0.05) is 44.3 Å². The topological polar surface area (TPSA) is 106 Å². The number of aromatic nitrogens is 3. The second kappa shape index (κ2) is 8.75. The van der Waals surface area contributed by atoms with Crippen molar-refractivity contribution in [3.63, 3.8) is 0 Å². The number of nitrogens with zero attached hydrogens (tertiary/aromatic N) is 4. The van der Waals surface area contributed by atoms with Gasteiger partial charge >= 0.3 is 0 Å². The molecular weight excluding hydrogens is 514 g/mol. The lowest BCUT2D eigenvalue weighted by Gasteiger charge is -2.15. The van der Waals surface area contributed by atoms with Gasteiger partial charge in [0.2, 0.25) is 0 Å². The van der Waals surface area contributed by atoms with E-state index in [1.165, 1.54) is 18.2 Å². The smallest absolute Gasteiger partial charge is 0.277 e. The summed E-state index contributed by atoms with van der Waals surface area (Å²) >= 11 is 0. The Balaban J connectivity index is 1.54. The third kappa shape index (κ3) is 4.99. The number of alkyl halides is 4. The van der Waals surface area contributed by atoms with Gasteiger partial charge in [0.05, 0.1) is 51.3 Å². The molecule has 3 aromatic rings. The van der Waals surface area contributed by atoms with E-state index in [0.29, 0.717) is 11.3 Å². The highest BCUT2D eigenvalue weighted by Crippen LogP contribution is 2.49. The standard InChI is InChI=1S/C24H21F4N5O3S/c1-33-10-19(29-11-33)12-3-4-15(21(5-12)37(2,35)36)31-16-6-13(7-20(34)14-9-24(14,27)28)30-17-8-18(23(25)26)32-22(16)17/h3-6,10-11,14,23H,7-9H2,1-2H3,(H,30,31)/t14-/m0/s1. The molecule has 13 heteroatoms. The van der Waals surface area contributed by atoms with E-state index in [1.807, 2.05) is 0 Å². The van der Waals surface area contributed by atoms with E-state index in [1.54, 1.807) is 30.2 Å². The maximum absolute atomic E-state index is 13.4. The average molecular weight is 536 g/mol. The number of rotatable bonds is 8. The zero-order chi connectivity index (χ0) is 26.7. The van der Waals surface area contributed by atoms with Crippen LogP contribution in [0.1, 0.15) is 17.8 Å². The van der Waals surface area contributed by atoms with E-state index in [4.69, 9.17) is 0 Å². The molecule has 1 aromatic carbocycles. The zero-order valence-electron chi connectivity index (χ0n) is 19.7. The van der Waals surface area contributed by atoms with Crippen molar-refractivity contribution in [2.24, 2.45) is 18.0 Å². The van der Waals surface area contributed by atoms with Crippen molar-refractivity contribution in [3.8, 4) is 11.3 Å². The van der Waals surface area contributed by atoms with Crippen LogP contribution in [0.3, 0.4) is 0 Å². The van der Waals surface area contributed by atoms with Gasteiger partial charge in [-0.15, -0.1) is 0 Å². The van der Waals surface area contributed by atoms with Crippen molar-refractivity contribution in [2.75, 3.05) is 11.6 Å². The summed E-state index contributed by atoms with van der Waals surface area (Å²) in [4.78, 5) is 24.7. The molecule has 1 aliphatic carbocycles. The van der Waals surface area contributed by atoms with Crippen LogP contribution in [-0.2, 0) is 34.5 Å². The first-order chi connectivity index (χ1) is 17.3. The molecular formula is C24H21F4N5O3S. The lowest BCUT2D eigenvalue weighted by Crippen LogP contribution is -2.13. The number of Topliss-reactive ketones (excluding diaryl/α,β-unsaturated/α-hetero) is 1. The summed E-state index contributed by atoms with van der Waals surface area (Å²) < 4.78 is 80.5. The first kappa shape index (κ1) is 25.1. The minimum Gasteiger partial charge on any atom is -0.353 e. The zero-order valence-corrected chi connectivity index (χ0v) is 20.5. The van der Waals surface area contributed by atoms with Crippen molar-refractivity contribution in [2.45, 2.75) is 36.5 Å². The fourth-order valence-corrected chi connectivity index (χ4v) is 5.09. The predicted molar refractivity (Wildman–Crippen MR) is 128 cm³/mol. The molecule has 0 saturated heterocycles. The number of benzene rings is 1. The van der Waals surface area contributed by atoms with Crippen molar-refractivity contribution in [1.82, 2.24) is 14.5 Å². The Hall–Kier alpha value is -3.61. The highest BCUT2D eigenvalue weighted by atomic mass is 32.2. The molecule has 1 atom stereocenters. The summed E-state index contributed by atoms with van der Waals surface area (Å²) in [7, 11) is -1.99. The summed E-state index contributed by atoms with van der Waals surface area (Å²) in [6.45, 7) is 0. The average Bonchev–Trinajstić information content (AvgIpc) is 3.14. The van der Waals surface area contributed by atoms with Crippen LogP contribution >= 0.6 is 0 Å². The molecule has 1 aliphatic heterocycles. The second-order valence-corrected chi connectivity index (χ2v) is 11.2. The number of hydrogen-bond donors (Lipinski definition) is 1. The maximum Gasteiger partial charge on any atom is 0.277 e. The Labute approximate surface area is 209 Å². The van der Waals surface area contributed by atoms with Crippen molar-refractivity contribution >= 4 is 38.4 Å². The molecule has 194 valence electrons. The van der Waals surface area contributed by atoms with Gasteiger partial charge < -0.3 is 9.88 Å². The van der Waals surface area contributed by atoms with Crippen LogP contribution in [0.5, 0.6) is 0 Å². The van der Waals surface area contributed by atoms with Gasteiger partial charge in [0.25, 0.3) is 12.3 Å². The fraction of sp³-hybridized carbons (Fsp3) is 0.333. The van der Waals surface area contributed by atoms with E-state index >= 15 is 0 Å². The molecule has 0 unspecified atom stereocenters. The monoisotopic (exact) mass is 535 g/mol. The SMILES string of the molecule is Cn1cnc(-c2ccc(Nc3cc(CC(=O)[C@@H]4CC4(F)F)nc4c3N=C(C(F)F)C4)c(S(C)(=O)=O)c2)c1. The van der Waals surface area contributed by atoms with Crippen LogP contribution in [0.4, 0.5) is 34.6 Å². The summed E-state index contributed by atoms with van der Waals surface area (Å²) in [5.41, 5.74) is 1.27. The number of sulfone groups is 1. The molecule has 3 heterocycles. The van der Waals surface area contributed by atoms with E-state index < -0.39 is 52.4 Å². The van der Waals surface area contributed by atoms with Gasteiger partial charge in [-0.05, 0) is 18.2 Å². The Morgan fingerprint density at radius 3 is 2.57 bits per heavy atom. The number of halogens is 4. The molecule has 5 rings (SSSR count). The number of pyridine rings is 1. The molecule has 37 heavy (non-hydrogen) atoms. The summed E-state index contributed by atoms with van der Waals surface area (Å²) in [6, 6.07) is 5.95. The van der Waals surface area contributed by atoms with Crippen LogP contribution in [0.15, 0.2) is 46.7 Å². The minimum atomic E-state index is -3.77. The van der Waals surface area contributed by atoms with Crippen molar-refractivity contribution in [1.29, 1.82) is 0 Å². The molecule has 1 fully saturated rings. The molecule has 2 aliphatic rings. The van der Waals surface area contributed by atoms with E-state index in [9.17, 15) is 30.8 Å². The largest absolute Gasteiger partial charge is 0.353 e. The quantitative estimate of drug-likeness (QED) is 0.432. The summed E-state index contributed by atoms with van der Waals surface area (Å²) in [5, 5.41) is 2.94. The lowest BCUT2D eigenvalue weighted by atomic mass is 10.1. The second-order valence-electron chi connectivity index (χ2n) is 9.23. The van der Waals surface area contributed by atoms with Crippen LogP contribution in [0, 0.1) is 5.92 Å². The number of aliphatic imine (C=N–C) groups is 1. The Morgan fingerprint density at radius 1 is 1.24 bits per heavy atom. The maximum atomic E-state index is 13.4. The first-order valence-corrected chi connectivity index (χ1v) is 13.1. The van der Waals surface area contributed by atoms with Crippen molar-refractivity contribution < 1.29 is 30.8 Å². The van der Waals surface area contributed by atoms with E-state index in [2.05, 4.69) is 20.3 Å². The minimum absolute atomic E-state index is 0.0764. The third-order valence-electron chi connectivity index (χ3n) is 6.19. The highest BCUT2D eigenvalue weighted by molar-refractivity contribution is 7.90. The van der Waals surface area contributed by atoms with Crippen LogP contribution in [0.25, 0.3) is 11.3 Å². The normalized spacial score (nSPS) is 18.0. The number of aryl methyl sites for hydroxylation is 1. The molecule has 1 saturated carbocycles. The van der Waals surface area contributed by atoms with Gasteiger partial charge in [-0.25, -0.2) is 36.0 Å². The van der Waals surface area contributed by atoms with Gasteiger partial charge in [-0.2, -0.15) is 0 Å². The van der Waals surface area contributed by atoms with Gasteiger partial charge in [-0.1, -0.05) is 6.07 Å². The van der Waals surface area contributed by atoms with Gasteiger partial charge in [-0.3, -0.25) is 9.78 Å². The fourth-order valence-electron chi connectivity index (χ4n) is 4.23. The molecule has 1 N–H and O–H groups in total. The number of hydrogen-bond acceptors (Lipinski definition) is 7. The third-order valence-corrected chi connectivity index (χ3v) is 7.33. The van der Waals surface area contributed by atoms with E-state index in [-0.39, 0.29) is 39.8 Å². The Kier molecular flexibility index (Phi) is 5.93. The van der Waals surface area contributed by atoms with Crippen LogP contribution in [0.2, 0.25) is 0 Å². The summed E-state index contributed by atoms with van der Waals surface area (Å²) in [5.74, 6) is -5.13. The van der Waals surface area contributed by atoms with Crippen molar-refractivity contribution in [3.05, 3.63) is 48.2 Å². The van der Waals surface area contributed by atoms with Gasteiger partial charge in [0.1, 0.15) is 11.5 Å².